The molecule has 0 aliphatic rings. The highest BCUT2D eigenvalue weighted by atomic mass is 16.6. The van der Waals surface area contributed by atoms with Gasteiger partial charge in [-0.15, -0.1) is 0 Å². The van der Waals surface area contributed by atoms with Crippen molar-refractivity contribution in [1.82, 2.24) is 0 Å². The Hall–Kier alpha value is -4.23. The number of esters is 5. The van der Waals surface area contributed by atoms with Gasteiger partial charge in [-0.25, -0.2) is 4.79 Å². The van der Waals surface area contributed by atoms with Crippen LogP contribution < -0.4 is 0 Å². The number of hydrogen-bond acceptors (Lipinski definition) is 14. The van der Waals surface area contributed by atoms with Crippen LogP contribution in [0, 0.1) is 16.2 Å². The average Bonchev–Trinajstić information content (AvgIpc) is 2.99. The summed E-state index contributed by atoms with van der Waals surface area (Å²) in [5.41, 5.74) is -4.82. The van der Waals surface area contributed by atoms with Crippen LogP contribution in [0.1, 0.15) is 79.6 Å². The number of carbonyl (C=O) groups excluding carboxylic acids is 9. The number of ether oxygens (including phenoxy) is 5. The van der Waals surface area contributed by atoms with Gasteiger partial charge in [0, 0.05) is 18.9 Å². The van der Waals surface area contributed by atoms with Crippen LogP contribution in [-0.2, 0) is 66.8 Å². The summed E-state index contributed by atoms with van der Waals surface area (Å²) in [6, 6.07) is 0. The van der Waals surface area contributed by atoms with Gasteiger partial charge in [0.1, 0.15) is 43.0 Å². The smallest absolute Gasteiger partial charge is 0.330 e. The third-order valence-electron chi connectivity index (χ3n) is 8.07. The standard InChI is InChI=1S/C31H44O14/c1-9-24(36)43-17-29(10-2,18-44-25(37)11-13-30(20(3)32,21(4)33)15-27(39)41-7)19-45-26(38)12-14-31(22(5)34,23(6)35)16-28(40)42-8/h9H,1,10-19H2,2-8H3. The summed E-state index contributed by atoms with van der Waals surface area (Å²) in [5, 5.41) is 0. The van der Waals surface area contributed by atoms with E-state index in [-0.39, 0.29) is 25.9 Å². The molecule has 0 radical (unpaired) electrons. The number of rotatable bonds is 22. The van der Waals surface area contributed by atoms with Crippen molar-refractivity contribution < 1.29 is 66.8 Å². The molecular weight excluding hydrogens is 596 g/mol. The van der Waals surface area contributed by atoms with E-state index in [9.17, 15) is 43.2 Å². The zero-order valence-corrected chi connectivity index (χ0v) is 27.1. The molecule has 0 aliphatic heterocycles. The lowest BCUT2D eigenvalue weighted by Crippen LogP contribution is -2.41. The predicted octanol–water partition coefficient (Wildman–Crippen LogP) is 2.21. The molecule has 0 bridgehead atoms. The van der Waals surface area contributed by atoms with Crippen molar-refractivity contribution in [2.24, 2.45) is 16.2 Å². The molecule has 0 unspecified atom stereocenters. The van der Waals surface area contributed by atoms with E-state index < -0.39 is 108 Å². The highest BCUT2D eigenvalue weighted by Crippen LogP contribution is 2.34. The second-order valence-electron chi connectivity index (χ2n) is 10.9. The van der Waals surface area contributed by atoms with Crippen LogP contribution in [-0.4, -0.2) is 87.0 Å². The van der Waals surface area contributed by atoms with E-state index in [2.05, 4.69) is 16.1 Å². The Morgan fingerprint density at radius 3 is 1.18 bits per heavy atom. The highest BCUT2D eigenvalue weighted by molar-refractivity contribution is 6.08. The van der Waals surface area contributed by atoms with E-state index in [0.717, 1.165) is 48.0 Å². The lowest BCUT2D eigenvalue weighted by molar-refractivity contribution is -0.162. The fourth-order valence-corrected chi connectivity index (χ4v) is 4.47. The summed E-state index contributed by atoms with van der Waals surface area (Å²) in [5.74, 6) is -6.58. The third-order valence-corrected chi connectivity index (χ3v) is 8.07. The van der Waals surface area contributed by atoms with Crippen LogP contribution in [0.4, 0.5) is 0 Å². The van der Waals surface area contributed by atoms with Gasteiger partial charge in [0.15, 0.2) is 0 Å². The summed E-state index contributed by atoms with van der Waals surface area (Å²) < 4.78 is 25.1. The van der Waals surface area contributed by atoms with Crippen LogP contribution in [0.5, 0.6) is 0 Å². The van der Waals surface area contributed by atoms with E-state index in [1.807, 2.05) is 0 Å². The molecule has 0 spiro atoms. The first-order valence-corrected chi connectivity index (χ1v) is 14.2. The third kappa shape index (κ3) is 12.0. The summed E-state index contributed by atoms with van der Waals surface area (Å²) in [4.78, 5) is 111. The van der Waals surface area contributed by atoms with Gasteiger partial charge in [-0.2, -0.15) is 0 Å². The summed E-state index contributed by atoms with van der Waals surface area (Å²) >= 11 is 0. The molecule has 0 aromatic heterocycles. The van der Waals surface area contributed by atoms with Crippen molar-refractivity contribution in [2.75, 3.05) is 34.0 Å². The maximum atomic E-state index is 12.7. The minimum absolute atomic E-state index is 0.165. The van der Waals surface area contributed by atoms with Crippen molar-refractivity contribution in [3.8, 4) is 0 Å². The van der Waals surface area contributed by atoms with E-state index in [1.54, 1.807) is 6.92 Å². The Morgan fingerprint density at radius 1 is 0.578 bits per heavy atom. The molecule has 0 saturated heterocycles. The first kappa shape index (κ1) is 40.8. The molecule has 0 aromatic carbocycles. The molecule has 14 nitrogen and oxygen atoms in total. The van der Waals surface area contributed by atoms with Crippen LogP contribution in [0.15, 0.2) is 12.7 Å². The molecule has 0 saturated carbocycles. The summed E-state index contributed by atoms with van der Waals surface area (Å²) in [6.07, 6.45) is -1.55. The first-order chi connectivity index (χ1) is 20.9. The molecule has 252 valence electrons. The topological polar surface area (TPSA) is 200 Å². The molecule has 14 heteroatoms. The molecule has 0 aliphatic carbocycles. The maximum absolute atomic E-state index is 12.7. The van der Waals surface area contributed by atoms with Gasteiger partial charge >= 0.3 is 29.8 Å². The number of methoxy groups -OCH3 is 2. The Morgan fingerprint density at radius 2 is 0.911 bits per heavy atom. The lowest BCUT2D eigenvalue weighted by atomic mass is 9.73. The van der Waals surface area contributed by atoms with Crippen LogP contribution in [0.3, 0.4) is 0 Å². The summed E-state index contributed by atoms with van der Waals surface area (Å²) in [6.45, 7) is 8.30. The van der Waals surface area contributed by atoms with Gasteiger partial charge in [-0.1, -0.05) is 13.5 Å². The van der Waals surface area contributed by atoms with Gasteiger partial charge in [-0.3, -0.25) is 38.4 Å². The van der Waals surface area contributed by atoms with Gasteiger partial charge in [0.05, 0.1) is 43.3 Å². The van der Waals surface area contributed by atoms with E-state index in [0.29, 0.717) is 0 Å². The number of carbonyl (C=O) groups is 9. The average molecular weight is 641 g/mol. The number of hydrogen-bond donors (Lipinski definition) is 0. The molecule has 0 N–H and O–H groups in total. The Labute approximate surface area is 262 Å². The van der Waals surface area contributed by atoms with Gasteiger partial charge in [-0.05, 0) is 47.0 Å². The normalized spacial score (nSPS) is 11.4. The minimum atomic E-state index is -1.79. The van der Waals surface area contributed by atoms with Gasteiger partial charge in [0.25, 0.3) is 0 Å². The Kier molecular flexibility index (Phi) is 16.8. The second kappa shape index (κ2) is 18.5. The van der Waals surface area contributed by atoms with Gasteiger partial charge < -0.3 is 23.7 Å². The molecule has 45 heavy (non-hydrogen) atoms. The van der Waals surface area contributed by atoms with Crippen molar-refractivity contribution in [2.45, 2.75) is 79.6 Å². The fraction of sp³-hybridized carbons (Fsp3) is 0.645. The van der Waals surface area contributed by atoms with E-state index in [4.69, 9.17) is 14.2 Å². The molecule has 0 fully saturated rings. The number of Topliss-reactive ketones (excluding diaryl/α,β-unsaturated/α-hetero) is 4. The lowest BCUT2D eigenvalue weighted by Gasteiger charge is -2.32. The van der Waals surface area contributed by atoms with E-state index >= 15 is 0 Å². The van der Waals surface area contributed by atoms with Crippen LogP contribution >= 0.6 is 0 Å². The van der Waals surface area contributed by atoms with Crippen LogP contribution in [0.2, 0.25) is 0 Å². The predicted molar refractivity (Wildman–Crippen MR) is 155 cm³/mol. The zero-order valence-electron chi connectivity index (χ0n) is 27.1. The minimum Gasteiger partial charge on any atom is -0.469 e. The fourth-order valence-electron chi connectivity index (χ4n) is 4.47. The Bertz CT molecular complexity index is 1060. The quantitative estimate of drug-likeness (QED) is 0.0721. The molecule has 0 atom stereocenters. The van der Waals surface area contributed by atoms with Crippen molar-refractivity contribution in [3.63, 3.8) is 0 Å². The molecule has 0 heterocycles. The van der Waals surface area contributed by atoms with Crippen molar-refractivity contribution in [3.05, 3.63) is 12.7 Å². The zero-order chi connectivity index (χ0) is 35.0. The monoisotopic (exact) mass is 640 g/mol. The number of ketones is 4. The largest absolute Gasteiger partial charge is 0.469 e. The molecule has 0 rings (SSSR count). The molecular formula is C31H44O14. The first-order valence-electron chi connectivity index (χ1n) is 14.2. The van der Waals surface area contributed by atoms with E-state index in [1.165, 1.54) is 0 Å². The summed E-state index contributed by atoms with van der Waals surface area (Å²) in [7, 11) is 2.20. The van der Waals surface area contributed by atoms with Crippen molar-refractivity contribution >= 4 is 53.0 Å². The van der Waals surface area contributed by atoms with Gasteiger partial charge in [0.2, 0.25) is 0 Å². The molecule has 0 aromatic rings. The maximum Gasteiger partial charge on any atom is 0.330 e. The molecule has 0 amide bonds. The van der Waals surface area contributed by atoms with Crippen LogP contribution in [0.25, 0.3) is 0 Å². The highest BCUT2D eigenvalue weighted by Gasteiger charge is 2.45. The Balaban J connectivity index is 5.78. The second-order valence-corrected chi connectivity index (χ2v) is 10.9. The van der Waals surface area contributed by atoms with Crippen molar-refractivity contribution in [1.29, 1.82) is 0 Å². The SMILES string of the molecule is C=CC(=O)OCC(CC)(COC(=O)CCC(CC(=O)OC)(C(C)=O)C(C)=O)COC(=O)CCC(CC(=O)OC)(C(C)=O)C(C)=O.